The van der Waals surface area contributed by atoms with Crippen LogP contribution in [0.5, 0.6) is 11.8 Å². The number of carbonyl (C=O) groups is 2. The van der Waals surface area contributed by atoms with Crippen LogP contribution in [0.15, 0.2) is 113 Å². The van der Waals surface area contributed by atoms with Gasteiger partial charge >= 0.3 is 11.4 Å². The van der Waals surface area contributed by atoms with Crippen molar-refractivity contribution < 1.29 is 33.3 Å². The number of nitrogens with zero attached hydrogens (tertiary/aromatic N) is 9. The fraction of sp³-hybridized carbons (Fsp3) is 0.306. The third kappa shape index (κ3) is 10.6. The Morgan fingerprint density at radius 2 is 1.31 bits per heavy atom. The average molecular weight is 942 g/mol. The highest BCUT2D eigenvalue weighted by Gasteiger charge is 2.35. The van der Waals surface area contributed by atoms with Gasteiger partial charge in [0.1, 0.15) is 18.0 Å². The van der Waals surface area contributed by atoms with Crippen molar-refractivity contribution in [1.29, 1.82) is 0 Å². The third-order valence-corrected chi connectivity index (χ3v) is 12.5. The molecule has 0 N–H and O–H groups in total. The summed E-state index contributed by atoms with van der Waals surface area (Å²) in [6.45, 7) is 6.90. The van der Waals surface area contributed by atoms with Crippen molar-refractivity contribution in [3.05, 3.63) is 151 Å². The number of aromatic nitrogens is 2. The zero-order valence-corrected chi connectivity index (χ0v) is 38.8. The predicted molar refractivity (Wildman–Crippen MR) is 260 cm³/mol. The fourth-order valence-corrected chi connectivity index (χ4v) is 9.01. The van der Waals surface area contributed by atoms with Crippen molar-refractivity contribution >= 4 is 67.7 Å². The summed E-state index contributed by atoms with van der Waals surface area (Å²) in [4.78, 5) is 68.3. The molecule has 19 heteroatoms. The topological polar surface area (TPSA) is 194 Å². The molecule has 3 aromatic carbocycles. The van der Waals surface area contributed by atoms with Gasteiger partial charge in [0, 0.05) is 69.7 Å². The quantitative estimate of drug-likeness (QED) is 0.0577. The van der Waals surface area contributed by atoms with Crippen LogP contribution in [0, 0.1) is 27.2 Å². The minimum Gasteiger partial charge on any atom is -0.473 e. The number of amides is 2. The highest BCUT2D eigenvalue weighted by atomic mass is 32.1. The van der Waals surface area contributed by atoms with Crippen LogP contribution in [-0.2, 0) is 6.61 Å². The molecule has 0 spiro atoms. The number of thiophene rings is 1. The van der Waals surface area contributed by atoms with Gasteiger partial charge in [-0.15, -0.1) is 11.3 Å². The monoisotopic (exact) mass is 941 g/mol. The van der Waals surface area contributed by atoms with Gasteiger partial charge in [-0.3, -0.25) is 29.8 Å². The van der Waals surface area contributed by atoms with Crippen LogP contribution in [0.1, 0.15) is 37.8 Å². The van der Waals surface area contributed by atoms with E-state index in [9.17, 15) is 29.8 Å². The first-order valence-electron chi connectivity index (χ1n) is 22.2. The zero-order chi connectivity index (χ0) is 47.7. The second-order valence-electron chi connectivity index (χ2n) is 16.6. The lowest BCUT2D eigenvalue weighted by Crippen LogP contribution is -2.49. The first kappa shape index (κ1) is 46.9. The van der Waals surface area contributed by atoms with Crippen molar-refractivity contribution in [3.8, 4) is 11.8 Å². The van der Waals surface area contributed by atoms with Crippen LogP contribution in [0.25, 0.3) is 21.8 Å². The van der Waals surface area contributed by atoms with E-state index in [1.54, 1.807) is 21.9 Å². The Kier molecular flexibility index (Phi) is 14.7. The van der Waals surface area contributed by atoms with E-state index in [2.05, 4.69) is 9.97 Å². The van der Waals surface area contributed by atoms with Crippen LogP contribution < -0.4 is 19.3 Å². The predicted octanol–water partition coefficient (Wildman–Crippen LogP) is 8.08. The smallest absolute Gasteiger partial charge is 0.354 e. The second kappa shape index (κ2) is 21.3. The number of pyridine rings is 2. The Morgan fingerprint density at radius 1 is 0.706 bits per heavy atom. The van der Waals surface area contributed by atoms with Crippen LogP contribution in [0.4, 0.5) is 22.7 Å². The van der Waals surface area contributed by atoms with E-state index < -0.39 is 9.85 Å². The minimum atomic E-state index is -0.426. The molecule has 68 heavy (non-hydrogen) atoms. The number of rotatable bonds is 14. The van der Waals surface area contributed by atoms with E-state index in [0.717, 1.165) is 24.1 Å². The summed E-state index contributed by atoms with van der Waals surface area (Å²) in [5, 5.41) is 27.8. The molecule has 0 unspecified atom stereocenters. The molecule has 0 aliphatic carbocycles. The normalized spacial score (nSPS) is 13.9. The number of carbonyl (C=O) groups excluding carboxylic acids is 2. The molecule has 352 valence electrons. The first-order chi connectivity index (χ1) is 33.0. The van der Waals surface area contributed by atoms with Crippen LogP contribution in [0.3, 0.4) is 0 Å². The number of hydrogen-bond acceptors (Lipinski definition) is 15. The number of aryl methyl sites for hydroxylation is 1. The summed E-state index contributed by atoms with van der Waals surface area (Å²) in [6.07, 6.45) is 2.20. The maximum atomic E-state index is 12.7. The molecule has 2 saturated heterocycles. The zero-order valence-electron chi connectivity index (χ0n) is 38.0. The Balaban J connectivity index is 0.000000184. The Hall–Kier alpha value is -7.64. The van der Waals surface area contributed by atoms with Crippen molar-refractivity contribution in [2.45, 2.75) is 20.0 Å². The van der Waals surface area contributed by atoms with E-state index in [1.807, 2.05) is 126 Å². The maximum Gasteiger partial charge on any atom is 0.354 e. The van der Waals surface area contributed by atoms with Gasteiger partial charge in [0.05, 0.1) is 38.6 Å². The number of hydrogen-bond donors (Lipinski definition) is 0. The standard InChI is InChI=1S/C26H24N4O5.C23H27N5O4S/c1-18-9-10-21-20(16-18)23(28-11-13-29(14-12-28)26(31)22-8-5-15-34-22)24(30(32)33)25(27-21)35-17-19-6-3-2-4-7-19;1-25(2)10-6-15-32-22-21(28(30)31)20(17-7-3-4-8-18(17)24-22)26-11-13-27(14-12-26)23(29)19-9-5-16-33-19/h2-10,15-16H,11-14,17H2,1H3;3-5,7-9,16H,6,10-15H2,1-2H3. The Bertz CT molecular complexity index is 2880. The molecule has 0 bridgehead atoms. The summed E-state index contributed by atoms with van der Waals surface area (Å²) >= 11 is 1.42. The largest absolute Gasteiger partial charge is 0.473 e. The molecule has 2 aliphatic rings. The highest BCUT2D eigenvalue weighted by Crippen LogP contribution is 2.44. The van der Waals surface area contributed by atoms with Gasteiger partial charge in [-0.2, -0.15) is 0 Å². The number of ether oxygens (including phenoxy) is 2. The van der Waals surface area contributed by atoms with Crippen LogP contribution >= 0.6 is 11.3 Å². The van der Waals surface area contributed by atoms with Crippen molar-refractivity contribution in [1.82, 2.24) is 24.7 Å². The summed E-state index contributed by atoms with van der Waals surface area (Å²) in [5.74, 6) is 0.130. The fourth-order valence-electron chi connectivity index (χ4n) is 8.32. The van der Waals surface area contributed by atoms with Gasteiger partial charge in [-0.25, -0.2) is 9.97 Å². The molecule has 0 saturated carbocycles. The Morgan fingerprint density at radius 3 is 1.91 bits per heavy atom. The molecule has 7 aromatic rings. The molecule has 0 radical (unpaired) electrons. The summed E-state index contributed by atoms with van der Waals surface area (Å²) in [5.41, 5.74) is 3.83. The molecule has 2 aliphatic heterocycles. The van der Waals surface area contributed by atoms with Crippen molar-refractivity contribution in [3.63, 3.8) is 0 Å². The van der Waals surface area contributed by atoms with Gasteiger partial charge in [0.15, 0.2) is 5.76 Å². The number of para-hydroxylation sites is 1. The van der Waals surface area contributed by atoms with E-state index in [4.69, 9.17) is 13.9 Å². The Labute approximate surface area is 396 Å². The lowest BCUT2D eigenvalue weighted by Gasteiger charge is -2.36. The minimum absolute atomic E-state index is 0.00338. The number of piperazine rings is 2. The molecule has 9 rings (SSSR count). The average Bonchev–Trinajstić information content (AvgIpc) is 4.11. The summed E-state index contributed by atoms with van der Waals surface area (Å²) in [7, 11) is 3.94. The number of fused-ring (bicyclic) bond motifs is 2. The van der Waals surface area contributed by atoms with E-state index >= 15 is 0 Å². The highest BCUT2D eigenvalue weighted by molar-refractivity contribution is 7.12. The van der Waals surface area contributed by atoms with Gasteiger partial charge in [0.25, 0.3) is 23.6 Å². The van der Waals surface area contributed by atoms with E-state index in [0.29, 0.717) is 97.0 Å². The molecular formula is C49H51N9O9S. The molecule has 6 heterocycles. The molecule has 0 atom stereocenters. The molecule has 18 nitrogen and oxygen atoms in total. The first-order valence-corrected chi connectivity index (χ1v) is 23.1. The summed E-state index contributed by atoms with van der Waals surface area (Å²) in [6, 6.07) is 29.5. The van der Waals surface area contributed by atoms with Gasteiger partial charge in [-0.05, 0) is 74.8 Å². The van der Waals surface area contributed by atoms with Crippen LogP contribution in [0.2, 0.25) is 0 Å². The van der Waals surface area contributed by atoms with Gasteiger partial charge in [-0.1, -0.05) is 66.2 Å². The number of benzene rings is 3. The van der Waals surface area contributed by atoms with E-state index in [1.165, 1.54) is 17.6 Å². The van der Waals surface area contributed by atoms with E-state index in [-0.39, 0.29) is 47.3 Å². The van der Waals surface area contributed by atoms with Crippen LogP contribution in [-0.4, -0.2) is 126 Å². The number of nitro groups is 2. The lowest BCUT2D eigenvalue weighted by molar-refractivity contribution is -0.385. The molecular weight excluding hydrogens is 891 g/mol. The number of furan rings is 1. The molecule has 2 amide bonds. The SMILES string of the molecule is CN(C)CCCOc1nc2ccccc2c(N2CCN(C(=O)c3cccs3)CC2)c1[N+](=O)[O-].Cc1ccc2nc(OCc3ccccc3)c([N+](=O)[O-])c(N3CCN(C(=O)c4ccco4)CC3)c2c1. The molecule has 2 fully saturated rings. The third-order valence-electron chi connectivity index (χ3n) is 11.7. The molecule has 4 aromatic heterocycles. The maximum absolute atomic E-state index is 12.7. The van der Waals surface area contributed by atoms with Crippen molar-refractivity contribution in [2.75, 3.05) is 89.4 Å². The lowest BCUT2D eigenvalue weighted by atomic mass is 10.1. The van der Waals surface area contributed by atoms with Gasteiger partial charge in [0.2, 0.25) is 0 Å². The summed E-state index contributed by atoms with van der Waals surface area (Å²) < 4.78 is 17.0. The van der Waals surface area contributed by atoms with Gasteiger partial charge < -0.3 is 38.4 Å². The van der Waals surface area contributed by atoms with Crippen molar-refractivity contribution in [2.24, 2.45) is 0 Å². The number of anilines is 2. The second-order valence-corrected chi connectivity index (χ2v) is 17.5.